The van der Waals surface area contributed by atoms with Gasteiger partial charge < -0.3 is 19.3 Å². The van der Waals surface area contributed by atoms with Crippen LogP contribution in [0.2, 0.25) is 0 Å². The van der Waals surface area contributed by atoms with Crippen LogP contribution in [0.4, 0.5) is 11.4 Å². The fourth-order valence-electron chi connectivity index (χ4n) is 5.36. The van der Waals surface area contributed by atoms with Gasteiger partial charge >= 0.3 is 0 Å². The third kappa shape index (κ3) is 5.19. The number of β-amino-alcohol motifs (C(OH)–C–C–N with tert-alkyl or cyclic N) is 1. The Kier molecular flexibility index (Phi) is 7.70. The van der Waals surface area contributed by atoms with E-state index < -0.39 is 6.10 Å². The number of anilines is 2. The van der Waals surface area contributed by atoms with E-state index in [1.807, 2.05) is 24.5 Å². The molecule has 3 aromatic rings. The third-order valence-electron chi connectivity index (χ3n) is 7.37. The van der Waals surface area contributed by atoms with Gasteiger partial charge in [-0.15, -0.1) is 0 Å². The summed E-state index contributed by atoms with van der Waals surface area (Å²) in [7, 11) is 0. The van der Waals surface area contributed by atoms with E-state index in [0.29, 0.717) is 31.1 Å². The van der Waals surface area contributed by atoms with E-state index in [0.717, 1.165) is 43.1 Å². The smallest absolute Gasteiger partial charge is 0.253 e. The quantitative estimate of drug-likeness (QED) is 0.398. The van der Waals surface area contributed by atoms with Crippen LogP contribution in [0.1, 0.15) is 49.0 Å². The molecule has 0 radical (unpaired) electrons. The SMILES string of the molecule is CCC(CCN1c2ccccc2Sc2cc(C(=O)N3CCC(O)C3)ccc21)N(CC)Cc1ccoc1. The predicted octanol–water partition coefficient (Wildman–Crippen LogP) is 5.78. The van der Waals surface area contributed by atoms with Crippen LogP contribution < -0.4 is 4.90 Å². The van der Waals surface area contributed by atoms with Crippen LogP contribution >= 0.6 is 11.8 Å². The van der Waals surface area contributed by atoms with Crippen LogP contribution in [0.5, 0.6) is 0 Å². The van der Waals surface area contributed by atoms with Crippen molar-refractivity contribution < 1.29 is 14.3 Å². The number of carbonyl (C=O) groups is 1. The fourth-order valence-corrected chi connectivity index (χ4v) is 6.49. The van der Waals surface area contributed by atoms with E-state index in [1.54, 1.807) is 22.9 Å². The number of furan rings is 1. The van der Waals surface area contributed by atoms with E-state index >= 15 is 0 Å². The summed E-state index contributed by atoms with van der Waals surface area (Å²) in [6.45, 7) is 8.31. The van der Waals surface area contributed by atoms with Crippen molar-refractivity contribution in [3.63, 3.8) is 0 Å². The predicted molar refractivity (Wildman–Crippen MR) is 144 cm³/mol. The summed E-state index contributed by atoms with van der Waals surface area (Å²) in [5.41, 5.74) is 4.29. The van der Waals surface area contributed by atoms with Crippen LogP contribution in [-0.4, -0.2) is 59.1 Å². The second kappa shape index (κ2) is 11.1. The normalized spacial score (nSPS) is 17.8. The maximum absolute atomic E-state index is 13.1. The van der Waals surface area contributed by atoms with Gasteiger partial charge in [-0.05, 0) is 62.2 Å². The Bertz CT molecular complexity index is 1180. The molecule has 5 rings (SSSR count). The van der Waals surface area contributed by atoms with Gasteiger partial charge in [0.15, 0.2) is 0 Å². The summed E-state index contributed by atoms with van der Waals surface area (Å²) in [5, 5.41) is 9.87. The van der Waals surface area contributed by atoms with Gasteiger partial charge in [0.1, 0.15) is 0 Å². The number of hydrogen-bond acceptors (Lipinski definition) is 6. The summed E-state index contributed by atoms with van der Waals surface area (Å²) in [5.74, 6) is 0.00393. The van der Waals surface area contributed by atoms with E-state index in [2.05, 4.69) is 54.0 Å². The molecule has 0 spiro atoms. The zero-order valence-corrected chi connectivity index (χ0v) is 21.9. The number of aliphatic hydroxyl groups is 1. The lowest BCUT2D eigenvalue weighted by Gasteiger charge is -2.36. The monoisotopic (exact) mass is 505 g/mol. The molecule has 1 aromatic heterocycles. The Morgan fingerprint density at radius 1 is 1.17 bits per heavy atom. The molecule has 1 amide bonds. The number of fused-ring (bicyclic) bond motifs is 2. The Hall–Kier alpha value is -2.74. The minimum absolute atomic E-state index is 0.00393. The molecule has 0 saturated carbocycles. The molecule has 2 aliphatic heterocycles. The highest BCUT2D eigenvalue weighted by molar-refractivity contribution is 7.99. The molecule has 36 heavy (non-hydrogen) atoms. The maximum atomic E-state index is 13.1. The zero-order valence-electron chi connectivity index (χ0n) is 21.1. The summed E-state index contributed by atoms with van der Waals surface area (Å²) >= 11 is 1.73. The molecule has 0 bridgehead atoms. The van der Waals surface area contributed by atoms with Gasteiger partial charge in [-0.25, -0.2) is 0 Å². The Labute approximate surface area is 217 Å². The highest BCUT2D eigenvalue weighted by Gasteiger charge is 2.29. The first-order valence-corrected chi connectivity index (χ1v) is 13.8. The number of para-hydroxylation sites is 1. The molecule has 2 atom stereocenters. The first kappa shape index (κ1) is 24.9. The van der Waals surface area contributed by atoms with Crippen molar-refractivity contribution in [2.24, 2.45) is 0 Å². The van der Waals surface area contributed by atoms with Crippen molar-refractivity contribution in [3.05, 3.63) is 72.2 Å². The van der Waals surface area contributed by atoms with Crippen molar-refractivity contribution in [1.29, 1.82) is 0 Å². The second-order valence-corrected chi connectivity index (χ2v) is 10.7. The van der Waals surface area contributed by atoms with Gasteiger partial charge in [0.05, 0.1) is 30.0 Å². The van der Waals surface area contributed by atoms with Gasteiger partial charge in [0, 0.05) is 53.1 Å². The fraction of sp³-hybridized carbons (Fsp3) is 0.414. The third-order valence-corrected chi connectivity index (χ3v) is 8.48. The van der Waals surface area contributed by atoms with E-state index in [9.17, 15) is 9.90 Å². The average Bonchev–Trinajstić information content (AvgIpc) is 3.58. The lowest BCUT2D eigenvalue weighted by Crippen LogP contribution is -2.37. The minimum Gasteiger partial charge on any atom is -0.472 e. The molecule has 2 unspecified atom stereocenters. The largest absolute Gasteiger partial charge is 0.472 e. The summed E-state index contributed by atoms with van der Waals surface area (Å²) < 4.78 is 5.29. The van der Waals surface area contributed by atoms with Crippen LogP contribution in [0.3, 0.4) is 0 Å². The van der Waals surface area contributed by atoms with Gasteiger partial charge in [-0.3, -0.25) is 9.69 Å². The minimum atomic E-state index is -0.411. The van der Waals surface area contributed by atoms with Crippen LogP contribution in [-0.2, 0) is 6.54 Å². The van der Waals surface area contributed by atoms with Crippen molar-refractivity contribution in [2.75, 3.05) is 31.1 Å². The second-order valence-electron chi connectivity index (χ2n) is 9.64. The molecule has 0 aliphatic carbocycles. The lowest BCUT2D eigenvalue weighted by molar-refractivity contribution is 0.0764. The Morgan fingerprint density at radius 2 is 2.00 bits per heavy atom. The average molecular weight is 506 g/mol. The van der Waals surface area contributed by atoms with Gasteiger partial charge in [-0.2, -0.15) is 0 Å². The van der Waals surface area contributed by atoms with Crippen molar-refractivity contribution in [2.45, 2.75) is 61.6 Å². The first-order valence-electron chi connectivity index (χ1n) is 13.0. The summed E-state index contributed by atoms with van der Waals surface area (Å²) in [6.07, 6.45) is 5.94. The Balaban J connectivity index is 1.37. The molecule has 1 N–H and O–H groups in total. The molecule has 2 aliphatic rings. The van der Waals surface area contributed by atoms with Crippen LogP contribution in [0, 0.1) is 0 Å². The number of hydrogen-bond donors (Lipinski definition) is 1. The van der Waals surface area contributed by atoms with Crippen molar-refractivity contribution in [3.8, 4) is 0 Å². The number of nitrogens with zero attached hydrogens (tertiary/aromatic N) is 3. The number of amides is 1. The highest BCUT2D eigenvalue weighted by atomic mass is 32.2. The van der Waals surface area contributed by atoms with Crippen LogP contribution in [0.25, 0.3) is 0 Å². The summed E-state index contributed by atoms with van der Waals surface area (Å²) in [6, 6.07) is 17.1. The molecular formula is C29H35N3O3S. The molecule has 7 heteroatoms. The molecule has 190 valence electrons. The van der Waals surface area contributed by atoms with Crippen molar-refractivity contribution >= 4 is 29.0 Å². The lowest BCUT2D eigenvalue weighted by atomic mass is 10.1. The molecule has 3 heterocycles. The summed E-state index contributed by atoms with van der Waals surface area (Å²) in [4.78, 5) is 22.1. The maximum Gasteiger partial charge on any atom is 0.253 e. The molecule has 6 nitrogen and oxygen atoms in total. The van der Waals surface area contributed by atoms with Gasteiger partial charge in [-0.1, -0.05) is 37.7 Å². The first-order chi connectivity index (χ1) is 17.6. The number of benzene rings is 2. The molecule has 2 aromatic carbocycles. The van der Waals surface area contributed by atoms with Gasteiger partial charge in [0.2, 0.25) is 0 Å². The van der Waals surface area contributed by atoms with Crippen molar-refractivity contribution in [1.82, 2.24) is 9.80 Å². The van der Waals surface area contributed by atoms with Gasteiger partial charge in [0.25, 0.3) is 5.91 Å². The topological polar surface area (TPSA) is 60.2 Å². The zero-order chi connectivity index (χ0) is 25.1. The number of likely N-dealkylation sites (tertiary alicyclic amines) is 1. The van der Waals surface area contributed by atoms with E-state index in [1.165, 1.54) is 16.1 Å². The molecule has 1 saturated heterocycles. The highest BCUT2D eigenvalue weighted by Crippen LogP contribution is 2.48. The van der Waals surface area contributed by atoms with E-state index in [-0.39, 0.29) is 5.91 Å². The standard InChI is InChI=1S/C29H35N3O3S/c1-3-23(30(4-2)18-21-13-16-35-20-21)11-15-32-25-7-5-6-8-27(25)36-28-17-22(9-10-26(28)32)29(34)31-14-12-24(33)19-31/h5-10,13,16-17,20,23-24,33H,3-4,11-12,14-15,18-19H2,1-2H3. The molecular weight excluding hydrogens is 470 g/mol. The number of carbonyl (C=O) groups excluding carboxylic acids is 1. The van der Waals surface area contributed by atoms with Crippen LogP contribution in [0.15, 0.2) is 75.3 Å². The Morgan fingerprint density at radius 3 is 2.72 bits per heavy atom. The number of aliphatic hydroxyl groups excluding tert-OH is 1. The molecule has 1 fully saturated rings. The number of rotatable bonds is 9. The van der Waals surface area contributed by atoms with E-state index in [4.69, 9.17) is 4.42 Å².